The highest BCUT2D eigenvalue weighted by Crippen LogP contribution is 2.34. The van der Waals surface area contributed by atoms with Crippen LogP contribution in [0.2, 0.25) is 0 Å². The summed E-state index contributed by atoms with van der Waals surface area (Å²) >= 11 is 0. The molecular formula is C29H26FN3O5S. The van der Waals surface area contributed by atoms with E-state index in [1.807, 2.05) is 32.0 Å². The van der Waals surface area contributed by atoms with Gasteiger partial charge in [-0.15, -0.1) is 3.89 Å². The van der Waals surface area contributed by atoms with Crippen molar-refractivity contribution in [3.05, 3.63) is 106 Å². The van der Waals surface area contributed by atoms with Crippen molar-refractivity contribution in [3.63, 3.8) is 0 Å². The number of aliphatic hydroxyl groups excluding tert-OH is 1. The molecule has 200 valence electrons. The first-order valence-corrected chi connectivity index (χ1v) is 13.3. The summed E-state index contributed by atoms with van der Waals surface area (Å²) in [4.78, 5) is 29.3. The number of aryl methyl sites for hydroxylation is 1. The number of pyridine rings is 1. The van der Waals surface area contributed by atoms with E-state index in [-0.39, 0.29) is 29.3 Å². The van der Waals surface area contributed by atoms with Crippen molar-refractivity contribution in [2.45, 2.75) is 32.3 Å². The van der Waals surface area contributed by atoms with E-state index in [1.54, 1.807) is 30.3 Å². The minimum atomic E-state index is -4.88. The van der Waals surface area contributed by atoms with Crippen molar-refractivity contribution in [3.8, 4) is 11.1 Å². The van der Waals surface area contributed by atoms with Gasteiger partial charge in [0.05, 0.1) is 6.61 Å². The van der Waals surface area contributed by atoms with Gasteiger partial charge in [0, 0.05) is 23.1 Å². The van der Waals surface area contributed by atoms with Crippen LogP contribution in [0, 0.1) is 20.8 Å². The second-order valence-electron chi connectivity index (χ2n) is 8.99. The maximum Gasteiger partial charge on any atom is 0.332 e. The normalized spacial score (nSPS) is 11.2. The number of nitrogens with one attached hydrogen (secondary N) is 2. The van der Waals surface area contributed by atoms with Gasteiger partial charge in [-0.2, -0.15) is 8.42 Å². The number of carbonyl (C=O) groups excluding carboxylic acids is 2. The van der Waals surface area contributed by atoms with Gasteiger partial charge in [-0.3, -0.25) is 14.6 Å². The third-order valence-corrected chi connectivity index (χ3v) is 7.38. The van der Waals surface area contributed by atoms with Crippen LogP contribution in [0.15, 0.2) is 77.8 Å². The van der Waals surface area contributed by atoms with Crippen LogP contribution in [0.3, 0.4) is 0 Å². The molecule has 0 fully saturated rings. The van der Waals surface area contributed by atoms with Gasteiger partial charge in [0.15, 0.2) is 0 Å². The molecule has 0 radical (unpaired) electrons. The molecule has 39 heavy (non-hydrogen) atoms. The molecule has 4 aromatic rings. The molecule has 8 nitrogen and oxygen atoms in total. The second kappa shape index (κ2) is 11.1. The minimum absolute atomic E-state index is 0.129. The molecule has 3 N–H and O–H groups in total. The third-order valence-electron chi connectivity index (χ3n) is 6.39. The summed E-state index contributed by atoms with van der Waals surface area (Å²) in [6.07, 6.45) is 1.44. The molecule has 2 amide bonds. The van der Waals surface area contributed by atoms with Crippen molar-refractivity contribution in [2.75, 3.05) is 10.6 Å². The summed E-state index contributed by atoms with van der Waals surface area (Å²) in [7, 11) is -4.88. The van der Waals surface area contributed by atoms with Crippen molar-refractivity contribution in [1.82, 2.24) is 4.98 Å². The van der Waals surface area contributed by atoms with Crippen LogP contribution in [-0.4, -0.2) is 30.3 Å². The van der Waals surface area contributed by atoms with E-state index < -0.39 is 21.0 Å². The summed E-state index contributed by atoms with van der Waals surface area (Å²) in [5, 5.41) is 14.9. The third kappa shape index (κ3) is 6.02. The molecule has 0 aliphatic carbocycles. The number of aromatic nitrogens is 1. The van der Waals surface area contributed by atoms with Gasteiger partial charge in [-0.25, -0.2) is 0 Å². The van der Waals surface area contributed by atoms with Crippen LogP contribution in [0.25, 0.3) is 11.1 Å². The Balaban J connectivity index is 1.59. The van der Waals surface area contributed by atoms with Crippen LogP contribution >= 0.6 is 0 Å². The zero-order chi connectivity index (χ0) is 28.3. The maximum atomic E-state index is 13.4. The lowest BCUT2D eigenvalue weighted by molar-refractivity contribution is 0.101. The number of aliphatic hydroxyl groups is 1. The first-order chi connectivity index (χ1) is 18.5. The summed E-state index contributed by atoms with van der Waals surface area (Å²) in [5.41, 5.74) is 5.53. The molecule has 0 aliphatic rings. The molecule has 0 saturated heterocycles. The highest BCUT2D eigenvalue weighted by molar-refractivity contribution is 7.86. The van der Waals surface area contributed by atoms with Gasteiger partial charge < -0.3 is 15.7 Å². The Morgan fingerprint density at radius 1 is 0.846 bits per heavy atom. The van der Waals surface area contributed by atoms with Crippen LogP contribution in [0.5, 0.6) is 0 Å². The van der Waals surface area contributed by atoms with Crippen LogP contribution in [0.4, 0.5) is 15.3 Å². The van der Waals surface area contributed by atoms with Crippen molar-refractivity contribution < 1.29 is 27.0 Å². The number of amides is 2. The van der Waals surface area contributed by atoms with E-state index in [0.717, 1.165) is 28.3 Å². The summed E-state index contributed by atoms with van der Waals surface area (Å²) in [6.45, 7) is 4.99. The Morgan fingerprint density at radius 2 is 1.44 bits per heavy atom. The smallest absolute Gasteiger partial charge is 0.332 e. The van der Waals surface area contributed by atoms with Crippen molar-refractivity contribution in [1.29, 1.82) is 0 Å². The van der Waals surface area contributed by atoms with Crippen molar-refractivity contribution >= 4 is 33.4 Å². The number of halogens is 1. The standard InChI is InChI=1S/C29H26FN3O5S/c1-17-14-21(11-13-27(17)39(30,37)38)28(35)32-24-8-4-6-22(18(24)2)23-7-5-9-25(19(23)3)33-29(36)26-12-10-20(16-34)15-31-26/h4-15,34H,16H2,1-3H3,(H,32,35)(H,33,36). The first kappa shape index (κ1) is 27.6. The van der Waals surface area contributed by atoms with Gasteiger partial charge in [0.2, 0.25) is 0 Å². The van der Waals surface area contributed by atoms with Gasteiger partial charge in [-0.1, -0.05) is 30.3 Å². The fourth-order valence-corrected chi connectivity index (χ4v) is 4.90. The molecule has 10 heteroatoms. The molecule has 0 unspecified atom stereocenters. The number of nitrogens with zero attached hydrogens (tertiary/aromatic N) is 1. The number of hydrogen-bond donors (Lipinski definition) is 3. The van der Waals surface area contributed by atoms with E-state index >= 15 is 0 Å². The van der Waals surface area contributed by atoms with E-state index in [0.29, 0.717) is 16.9 Å². The van der Waals surface area contributed by atoms with Gasteiger partial charge in [-0.05, 0) is 90.6 Å². The number of rotatable bonds is 7. The Bertz CT molecular complexity index is 1690. The molecule has 0 bridgehead atoms. The fraction of sp³-hybridized carbons (Fsp3) is 0.138. The fourth-order valence-electron chi connectivity index (χ4n) is 4.22. The summed E-state index contributed by atoms with van der Waals surface area (Å²) < 4.78 is 35.9. The Kier molecular flexibility index (Phi) is 7.89. The first-order valence-electron chi connectivity index (χ1n) is 11.9. The van der Waals surface area contributed by atoms with Gasteiger partial charge >= 0.3 is 10.2 Å². The monoisotopic (exact) mass is 547 g/mol. The second-order valence-corrected chi connectivity index (χ2v) is 10.3. The minimum Gasteiger partial charge on any atom is -0.392 e. The van der Waals surface area contributed by atoms with E-state index in [9.17, 15) is 27.0 Å². The maximum absolute atomic E-state index is 13.4. The Labute approximate surface area is 225 Å². The van der Waals surface area contributed by atoms with Crippen molar-refractivity contribution in [2.24, 2.45) is 0 Å². The molecule has 4 rings (SSSR count). The number of anilines is 2. The van der Waals surface area contributed by atoms with E-state index in [4.69, 9.17) is 0 Å². The average molecular weight is 548 g/mol. The number of hydrogen-bond acceptors (Lipinski definition) is 6. The largest absolute Gasteiger partial charge is 0.392 e. The van der Waals surface area contributed by atoms with Crippen LogP contribution < -0.4 is 10.6 Å². The number of benzene rings is 3. The van der Waals surface area contributed by atoms with Gasteiger partial charge in [0.25, 0.3) is 11.8 Å². The molecule has 3 aromatic carbocycles. The van der Waals surface area contributed by atoms with Crippen LogP contribution in [0.1, 0.15) is 43.1 Å². The highest BCUT2D eigenvalue weighted by Gasteiger charge is 2.18. The molecule has 0 atom stereocenters. The molecule has 0 saturated carbocycles. The molecular weight excluding hydrogens is 521 g/mol. The van der Waals surface area contributed by atoms with E-state index in [2.05, 4.69) is 15.6 Å². The Hall–Kier alpha value is -4.41. The number of carbonyl (C=O) groups is 2. The van der Waals surface area contributed by atoms with E-state index in [1.165, 1.54) is 25.3 Å². The lowest BCUT2D eigenvalue weighted by Crippen LogP contribution is -2.15. The molecule has 0 spiro atoms. The van der Waals surface area contributed by atoms with Crippen LogP contribution in [-0.2, 0) is 16.8 Å². The lowest BCUT2D eigenvalue weighted by atomic mass is 9.94. The quantitative estimate of drug-likeness (QED) is 0.269. The average Bonchev–Trinajstić information content (AvgIpc) is 2.90. The highest BCUT2D eigenvalue weighted by atomic mass is 32.3. The Morgan fingerprint density at radius 3 is 1.92 bits per heavy atom. The zero-order valence-corrected chi connectivity index (χ0v) is 22.3. The zero-order valence-electron chi connectivity index (χ0n) is 21.4. The van der Waals surface area contributed by atoms with Gasteiger partial charge in [0.1, 0.15) is 10.6 Å². The lowest BCUT2D eigenvalue weighted by Gasteiger charge is -2.17. The molecule has 0 aliphatic heterocycles. The predicted octanol–water partition coefficient (Wildman–Crippen LogP) is 5.33. The SMILES string of the molecule is Cc1cc(C(=O)Nc2cccc(-c3cccc(NC(=O)c4ccc(CO)cn4)c3C)c2C)ccc1S(=O)(=O)F. The topological polar surface area (TPSA) is 125 Å². The molecule has 1 aromatic heterocycles. The molecule has 1 heterocycles. The summed E-state index contributed by atoms with van der Waals surface area (Å²) in [6, 6.07) is 17.8. The predicted molar refractivity (Wildman–Crippen MR) is 147 cm³/mol. The summed E-state index contributed by atoms with van der Waals surface area (Å²) in [5.74, 6) is -0.863.